The number of aromatic nitrogens is 2. The lowest BCUT2D eigenvalue weighted by Gasteiger charge is -2.38. The molecule has 0 bridgehead atoms. The number of sulfone groups is 1. The molecular formula is C32H39N5O3S. The van der Waals surface area contributed by atoms with Gasteiger partial charge in [0.25, 0.3) is 0 Å². The van der Waals surface area contributed by atoms with Crippen LogP contribution in [-0.2, 0) is 21.6 Å². The van der Waals surface area contributed by atoms with Gasteiger partial charge in [0.05, 0.1) is 29.3 Å². The monoisotopic (exact) mass is 573 g/mol. The number of morpholine rings is 1. The number of hydrogen-bond acceptors (Lipinski definition) is 7. The fourth-order valence-electron chi connectivity index (χ4n) is 5.96. The molecule has 216 valence electrons. The molecule has 2 fully saturated rings. The molecule has 9 heteroatoms. The van der Waals surface area contributed by atoms with E-state index >= 15 is 0 Å². The van der Waals surface area contributed by atoms with Gasteiger partial charge in [0.1, 0.15) is 5.82 Å². The average molecular weight is 574 g/mol. The van der Waals surface area contributed by atoms with Gasteiger partial charge in [0.2, 0.25) is 0 Å². The number of rotatable bonds is 6. The maximum atomic E-state index is 12.0. The van der Waals surface area contributed by atoms with E-state index in [4.69, 9.17) is 9.72 Å². The first-order chi connectivity index (χ1) is 19.7. The summed E-state index contributed by atoms with van der Waals surface area (Å²) in [4.78, 5) is 12.9. The summed E-state index contributed by atoms with van der Waals surface area (Å²) >= 11 is 0. The Morgan fingerprint density at radius 3 is 2.05 bits per heavy atom. The highest BCUT2D eigenvalue weighted by Crippen LogP contribution is 2.36. The van der Waals surface area contributed by atoms with Crippen molar-refractivity contribution < 1.29 is 13.2 Å². The second kappa shape index (κ2) is 11.1. The number of aryl methyl sites for hydroxylation is 1. The van der Waals surface area contributed by atoms with Crippen molar-refractivity contribution in [1.82, 2.24) is 14.5 Å². The van der Waals surface area contributed by atoms with Crippen LogP contribution in [0.3, 0.4) is 0 Å². The van der Waals surface area contributed by atoms with Crippen molar-refractivity contribution in [1.29, 1.82) is 0 Å². The predicted molar refractivity (Wildman–Crippen MR) is 167 cm³/mol. The van der Waals surface area contributed by atoms with Gasteiger partial charge >= 0.3 is 0 Å². The van der Waals surface area contributed by atoms with Crippen LogP contribution in [0.2, 0.25) is 0 Å². The highest BCUT2D eigenvalue weighted by molar-refractivity contribution is 7.90. The van der Waals surface area contributed by atoms with E-state index in [1.165, 1.54) is 11.9 Å². The van der Waals surface area contributed by atoms with E-state index in [0.29, 0.717) is 24.2 Å². The topological polar surface area (TPSA) is 70.9 Å². The van der Waals surface area contributed by atoms with Gasteiger partial charge in [-0.2, -0.15) is 0 Å². The number of pyridine rings is 1. The molecule has 4 heterocycles. The third kappa shape index (κ3) is 5.58. The van der Waals surface area contributed by atoms with Gasteiger partial charge in [-0.25, -0.2) is 13.4 Å². The van der Waals surface area contributed by atoms with Crippen LogP contribution in [0.5, 0.6) is 0 Å². The lowest BCUT2D eigenvalue weighted by molar-refractivity contribution is 0.122. The zero-order valence-corrected chi connectivity index (χ0v) is 25.2. The number of anilines is 2. The second-order valence-electron chi connectivity index (χ2n) is 11.4. The quantitative estimate of drug-likeness (QED) is 0.332. The highest BCUT2D eigenvalue weighted by atomic mass is 32.2. The molecule has 6 rings (SSSR count). The average Bonchev–Trinajstić information content (AvgIpc) is 3.33. The summed E-state index contributed by atoms with van der Waals surface area (Å²) in [6.45, 7) is 11.7. The fraction of sp³-hybridized carbons (Fsp3) is 0.406. The third-order valence-electron chi connectivity index (χ3n) is 8.48. The molecule has 0 amide bonds. The van der Waals surface area contributed by atoms with E-state index in [9.17, 15) is 8.42 Å². The summed E-state index contributed by atoms with van der Waals surface area (Å²) in [6.07, 6.45) is 1.24. The van der Waals surface area contributed by atoms with Crippen LogP contribution in [0.4, 0.5) is 11.5 Å². The van der Waals surface area contributed by atoms with Crippen molar-refractivity contribution in [2.24, 2.45) is 7.05 Å². The van der Waals surface area contributed by atoms with Crippen LogP contribution in [-0.4, -0.2) is 87.6 Å². The van der Waals surface area contributed by atoms with Crippen molar-refractivity contribution in [2.75, 3.05) is 68.5 Å². The SMILES string of the molecule is CC(C)N1CCN(c2ccc(-c3cc4c(cc(-c5ccc(S(C)(=O)=O)cc5)n4C)c(N4CCOCC4)n3)cc2)CC1. The van der Waals surface area contributed by atoms with Gasteiger partial charge in [-0.05, 0) is 55.8 Å². The van der Waals surface area contributed by atoms with Crippen molar-refractivity contribution in [3.05, 3.63) is 60.7 Å². The fourth-order valence-corrected chi connectivity index (χ4v) is 6.59. The molecule has 0 radical (unpaired) electrons. The standard InChI is InChI=1S/C32H39N5O3S/c1-23(2)35-13-15-36(16-14-35)26-9-5-24(6-10-26)29-22-31-28(32(33-29)37-17-19-40-20-18-37)21-30(34(31)3)25-7-11-27(12-8-25)41(4,38)39/h5-12,21-23H,13-20H2,1-4H3. The molecular weight excluding hydrogens is 534 g/mol. The van der Waals surface area contributed by atoms with E-state index in [1.807, 2.05) is 12.1 Å². The minimum absolute atomic E-state index is 0.322. The van der Waals surface area contributed by atoms with Crippen LogP contribution in [0.1, 0.15) is 13.8 Å². The molecule has 2 aromatic carbocycles. The van der Waals surface area contributed by atoms with Crippen LogP contribution in [0.25, 0.3) is 33.4 Å². The molecule has 2 saturated heterocycles. The first-order valence-corrected chi connectivity index (χ1v) is 16.3. The van der Waals surface area contributed by atoms with Crippen molar-refractivity contribution in [2.45, 2.75) is 24.8 Å². The molecule has 2 aliphatic heterocycles. The Labute approximate surface area is 243 Å². The van der Waals surface area contributed by atoms with E-state index in [1.54, 1.807) is 12.1 Å². The van der Waals surface area contributed by atoms with Crippen LogP contribution in [0, 0.1) is 0 Å². The summed E-state index contributed by atoms with van der Waals surface area (Å²) in [5, 5.41) is 1.08. The van der Waals surface area contributed by atoms with Gasteiger partial charge < -0.3 is 19.1 Å². The Morgan fingerprint density at radius 1 is 0.805 bits per heavy atom. The smallest absolute Gasteiger partial charge is 0.175 e. The van der Waals surface area contributed by atoms with E-state index in [-0.39, 0.29) is 0 Å². The molecule has 0 aliphatic carbocycles. The summed E-state index contributed by atoms with van der Waals surface area (Å²) < 4.78 is 31.8. The second-order valence-corrected chi connectivity index (χ2v) is 13.4. The Hall–Kier alpha value is -3.40. The van der Waals surface area contributed by atoms with Gasteiger partial charge in [0.15, 0.2) is 9.84 Å². The number of fused-ring (bicyclic) bond motifs is 1. The molecule has 2 aromatic heterocycles. The molecule has 8 nitrogen and oxygen atoms in total. The Kier molecular flexibility index (Phi) is 7.52. The number of hydrogen-bond donors (Lipinski definition) is 0. The number of piperazine rings is 1. The first-order valence-electron chi connectivity index (χ1n) is 14.4. The number of ether oxygens (including phenoxy) is 1. The molecule has 0 atom stereocenters. The number of benzene rings is 2. The number of nitrogens with zero attached hydrogens (tertiary/aromatic N) is 5. The van der Waals surface area contributed by atoms with Crippen LogP contribution >= 0.6 is 0 Å². The third-order valence-corrected chi connectivity index (χ3v) is 9.61. The first kappa shape index (κ1) is 27.8. The molecule has 4 aromatic rings. The summed E-state index contributed by atoms with van der Waals surface area (Å²) in [5.74, 6) is 0.962. The molecule has 0 spiro atoms. The Balaban J connectivity index is 1.37. The molecule has 41 heavy (non-hydrogen) atoms. The normalized spacial score (nSPS) is 17.1. The lowest BCUT2D eigenvalue weighted by atomic mass is 10.1. The molecule has 0 saturated carbocycles. The maximum absolute atomic E-state index is 12.0. The van der Waals surface area contributed by atoms with Crippen molar-refractivity contribution in [3.63, 3.8) is 0 Å². The molecule has 0 unspecified atom stereocenters. The minimum atomic E-state index is -3.25. The summed E-state index contributed by atoms with van der Waals surface area (Å²) in [6, 6.07) is 20.9. The van der Waals surface area contributed by atoms with Crippen LogP contribution in [0.15, 0.2) is 65.6 Å². The van der Waals surface area contributed by atoms with Crippen LogP contribution < -0.4 is 9.80 Å². The Morgan fingerprint density at radius 2 is 1.44 bits per heavy atom. The largest absolute Gasteiger partial charge is 0.378 e. The van der Waals surface area contributed by atoms with Crippen molar-refractivity contribution in [3.8, 4) is 22.5 Å². The zero-order chi connectivity index (χ0) is 28.7. The summed E-state index contributed by atoms with van der Waals surface area (Å²) in [5.41, 5.74) is 6.36. The van der Waals surface area contributed by atoms with E-state index in [2.05, 4.69) is 76.6 Å². The Bertz CT molecular complexity index is 1630. The molecule has 2 aliphatic rings. The molecule has 0 N–H and O–H groups in total. The van der Waals surface area contributed by atoms with Gasteiger partial charge in [-0.1, -0.05) is 24.3 Å². The predicted octanol–water partition coefficient (Wildman–Crippen LogP) is 4.68. The zero-order valence-electron chi connectivity index (χ0n) is 24.4. The van der Waals surface area contributed by atoms with Gasteiger partial charge in [-0.3, -0.25) is 4.90 Å². The van der Waals surface area contributed by atoms with Gasteiger partial charge in [-0.15, -0.1) is 0 Å². The highest BCUT2D eigenvalue weighted by Gasteiger charge is 2.22. The maximum Gasteiger partial charge on any atom is 0.175 e. The summed E-state index contributed by atoms with van der Waals surface area (Å²) in [7, 11) is -1.19. The van der Waals surface area contributed by atoms with E-state index < -0.39 is 9.84 Å². The minimum Gasteiger partial charge on any atom is -0.378 e. The van der Waals surface area contributed by atoms with Gasteiger partial charge in [0, 0.05) is 80.9 Å². The van der Waals surface area contributed by atoms with E-state index in [0.717, 1.165) is 78.5 Å². The lowest BCUT2D eigenvalue weighted by Crippen LogP contribution is -2.48. The van der Waals surface area contributed by atoms with Crippen molar-refractivity contribution >= 4 is 32.2 Å².